The molecule has 8 heteroatoms. The number of hydrogen-bond donors (Lipinski definition) is 2. The smallest absolute Gasteiger partial charge is 0.253 e. The largest absolute Gasteiger partial charge is 0.416 e. The van der Waals surface area contributed by atoms with Crippen LogP contribution in [0.15, 0.2) is 77.2 Å². The first-order valence-corrected chi connectivity index (χ1v) is 12.5. The van der Waals surface area contributed by atoms with Crippen molar-refractivity contribution >= 4 is 5.91 Å². The van der Waals surface area contributed by atoms with Crippen LogP contribution < -0.4 is 10.9 Å². The third kappa shape index (κ3) is 5.93. The summed E-state index contributed by atoms with van der Waals surface area (Å²) in [7, 11) is 1.82. The van der Waals surface area contributed by atoms with E-state index in [9.17, 15) is 9.18 Å². The van der Waals surface area contributed by atoms with Crippen LogP contribution >= 0.6 is 0 Å². The average molecular weight is 500 g/mol. The molecule has 2 atom stereocenters. The first-order valence-electron chi connectivity index (χ1n) is 12.5. The minimum absolute atomic E-state index is 0.0346. The van der Waals surface area contributed by atoms with Crippen LogP contribution in [0.5, 0.6) is 0 Å². The highest BCUT2D eigenvalue weighted by atomic mass is 19.1. The Balaban J connectivity index is 1.12. The second-order valence-corrected chi connectivity index (χ2v) is 9.56. The van der Waals surface area contributed by atoms with Gasteiger partial charge in [-0.15, -0.1) is 10.2 Å². The van der Waals surface area contributed by atoms with Crippen molar-refractivity contribution in [2.24, 2.45) is 0 Å². The van der Waals surface area contributed by atoms with Gasteiger partial charge in [-0.05, 0) is 80.3 Å². The Morgan fingerprint density at radius 3 is 2.51 bits per heavy atom. The van der Waals surface area contributed by atoms with Crippen molar-refractivity contribution in [1.29, 1.82) is 0 Å². The van der Waals surface area contributed by atoms with Gasteiger partial charge < -0.3 is 9.32 Å². The second kappa shape index (κ2) is 11.0. The molecule has 37 heavy (non-hydrogen) atoms. The number of carbonyl (C=O) groups excluding carboxylic acids is 1. The predicted molar refractivity (Wildman–Crippen MR) is 140 cm³/mol. The lowest BCUT2D eigenvalue weighted by molar-refractivity contribution is 0.0791. The molecule has 0 bridgehead atoms. The van der Waals surface area contributed by atoms with Crippen molar-refractivity contribution in [3.05, 3.63) is 95.3 Å². The van der Waals surface area contributed by atoms with Gasteiger partial charge in [0.1, 0.15) is 5.82 Å². The highest BCUT2D eigenvalue weighted by Crippen LogP contribution is 2.26. The first kappa shape index (κ1) is 24.8. The zero-order chi connectivity index (χ0) is 25.8. The molecule has 3 aromatic carbocycles. The van der Waals surface area contributed by atoms with Crippen molar-refractivity contribution < 1.29 is 13.6 Å². The highest BCUT2D eigenvalue weighted by Gasteiger charge is 2.25. The Kier molecular flexibility index (Phi) is 7.39. The number of hydrazine groups is 1. The van der Waals surface area contributed by atoms with Gasteiger partial charge in [0.05, 0.1) is 0 Å². The van der Waals surface area contributed by atoms with Crippen LogP contribution in [0, 0.1) is 12.7 Å². The summed E-state index contributed by atoms with van der Waals surface area (Å²) in [6.45, 7) is 2.66. The Labute approximate surface area is 215 Å². The summed E-state index contributed by atoms with van der Waals surface area (Å²) in [5, 5.41) is 8.33. The molecule has 0 saturated carbocycles. The Morgan fingerprint density at radius 1 is 1.00 bits per heavy atom. The number of hydrogen-bond acceptors (Lipinski definition) is 6. The molecule has 0 aliphatic carbocycles. The van der Waals surface area contributed by atoms with Gasteiger partial charge >= 0.3 is 0 Å². The molecule has 1 aliphatic heterocycles. The highest BCUT2D eigenvalue weighted by molar-refractivity contribution is 5.94. The minimum Gasteiger partial charge on any atom is -0.416 e. The fraction of sp³-hybridized carbons (Fsp3) is 0.276. The summed E-state index contributed by atoms with van der Waals surface area (Å²) in [4.78, 5) is 14.7. The molecule has 1 aromatic heterocycles. The van der Waals surface area contributed by atoms with Crippen molar-refractivity contribution in [2.45, 2.75) is 38.3 Å². The van der Waals surface area contributed by atoms with Crippen LogP contribution in [-0.2, 0) is 0 Å². The van der Waals surface area contributed by atoms with E-state index >= 15 is 0 Å². The summed E-state index contributed by atoms with van der Waals surface area (Å²) in [5.41, 5.74) is 10.9. The minimum atomic E-state index is -0.222. The maximum absolute atomic E-state index is 13.5. The molecule has 2 N–H and O–H groups in total. The molecular formula is C29H30FN5O2. The normalized spacial score (nSPS) is 17.2. The maximum Gasteiger partial charge on any atom is 0.253 e. The molecule has 2 unspecified atom stereocenters. The molecule has 7 nitrogen and oxygen atoms in total. The number of nitrogens with zero attached hydrogens (tertiary/aromatic N) is 3. The monoisotopic (exact) mass is 499 g/mol. The van der Waals surface area contributed by atoms with Crippen LogP contribution in [0.2, 0.25) is 0 Å². The molecule has 1 saturated heterocycles. The van der Waals surface area contributed by atoms with E-state index in [2.05, 4.69) is 21.0 Å². The maximum atomic E-state index is 13.5. The molecule has 1 amide bonds. The number of aryl methyl sites for hydroxylation is 1. The molecular weight excluding hydrogens is 469 g/mol. The average Bonchev–Trinajstić information content (AvgIpc) is 3.59. The number of aromatic nitrogens is 2. The van der Waals surface area contributed by atoms with Gasteiger partial charge in [0.25, 0.3) is 5.91 Å². The number of carbonyl (C=O) groups is 1. The zero-order valence-electron chi connectivity index (χ0n) is 20.9. The lowest BCUT2D eigenvalue weighted by Crippen LogP contribution is -2.32. The summed E-state index contributed by atoms with van der Waals surface area (Å²) in [6.07, 6.45) is 2.65. The number of rotatable bonds is 8. The fourth-order valence-electron chi connectivity index (χ4n) is 4.64. The predicted octanol–water partition coefficient (Wildman–Crippen LogP) is 5.31. The topological polar surface area (TPSA) is 83.3 Å². The van der Waals surface area contributed by atoms with E-state index in [0.29, 0.717) is 23.9 Å². The quantitative estimate of drug-likeness (QED) is 0.342. The van der Waals surface area contributed by atoms with Gasteiger partial charge in [-0.2, -0.15) is 0 Å². The molecule has 190 valence electrons. The zero-order valence-corrected chi connectivity index (χ0v) is 20.9. The van der Waals surface area contributed by atoms with Crippen molar-refractivity contribution in [1.82, 2.24) is 25.9 Å². The van der Waals surface area contributed by atoms with Gasteiger partial charge in [0, 0.05) is 42.4 Å². The molecule has 1 fully saturated rings. The van der Waals surface area contributed by atoms with E-state index in [1.165, 1.54) is 6.07 Å². The summed E-state index contributed by atoms with van der Waals surface area (Å²) in [5.74, 6) is 0.624. The van der Waals surface area contributed by atoms with Gasteiger partial charge in [0.15, 0.2) is 0 Å². The van der Waals surface area contributed by atoms with E-state index in [4.69, 9.17) is 4.42 Å². The standard InChI is InChI=1S/C29H30FN5O2/c1-19-6-3-8-23(16-19)28-34-33-27(37-28)20-11-13-21(14-12-20)29(36)35(2)15-5-10-25-18-26(32-31-25)22-7-4-9-24(30)17-22/h3-4,6-9,11-14,16-17,25-26,31-32H,5,10,15,18H2,1-2H3. The van der Waals surface area contributed by atoms with Crippen LogP contribution in [0.1, 0.15) is 46.8 Å². The van der Waals surface area contributed by atoms with E-state index in [-0.39, 0.29) is 23.8 Å². The fourth-order valence-corrected chi connectivity index (χ4v) is 4.64. The van der Waals surface area contributed by atoms with E-state index < -0.39 is 0 Å². The third-order valence-corrected chi connectivity index (χ3v) is 6.69. The Morgan fingerprint density at radius 2 is 1.76 bits per heavy atom. The SMILES string of the molecule is Cc1cccc(-c2nnc(-c3ccc(C(=O)N(C)CCCC4CC(c5cccc(F)c5)NN4)cc3)o2)c1. The molecule has 0 radical (unpaired) electrons. The molecule has 1 aliphatic rings. The van der Waals surface area contributed by atoms with Gasteiger partial charge in [-0.3, -0.25) is 15.6 Å². The Hall–Kier alpha value is -3.88. The van der Waals surface area contributed by atoms with Crippen LogP contribution in [0.3, 0.4) is 0 Å². The third-order valence-electron chi connectivity index (χ3n) is 6.69. The number of benzene rings is 3. The van der Waals surface area contributed by atoms with Crippen molar-refractivity contribution in [3.8, 4) is 22.9 Å². The number of nitrogens with one attached hydrogen (secondary N) is 2. The van der Waals surface area contributed by atoms with E-state index in [1.54, 1.807) is 29.2 Å². The lowest BCUT2D eigenvalue weighted by Gasteiger charge is -2.18. The number of amides is 1. The van der Waals surface area contributed by atoms with E-state index in [1.807, 2.05) is 56.4 Å². The van der Waals surface area contributed by atoms with Gasteiger partial charge in [0.2, 0.25) is 11.8 Å². The van der Waals surface area contributed by atoms with E-state index in [0.717, 1.165) is 41.5 Å². The van der Waals surface area contributed by atoms with Crippen LogP contribution in [0.4, 0.5) is 4.39 Å². The molecule has 2 heterocycles. The van der Waals surface area contributed by atoms with Crippen LogP contribution in [-0.4, -0.2) is 40.6 Å². The summed E-state index contributed by atoms with van der Waals surface area (Å²) < 4.78 is 19.4. The van der Waals surface area contributed by atoms with Crippen molar-refractivity contribution in [3.63, 3.8) is 0 Å². The second-order valence-electron chi connectivity index (χ2n) is 9.56. The van der Waals surface area contributed by atoms with Gasteiger partial charge in [-0.1, -0.05) is 29.8 Å². The lowest BCUT2D eigenvalue weighted by atomic mass is 9.99. The Bertz CT molecular complexity index is 1370. The molecule has 0 spiro atoms. The first-order chi connectivity index (χ1) is 18.0. The van der Waals surface area contributed by atoms with Crippen molar-refractivity contribution in [2.75, 3.05) is 13.6 Å². The molecule has 5 rings (SSSR count). The van der Waals surface area contributed by atoms with Crippen LogP contribution in [0.25, 0.3) is 22.9 Å². The van der Waals surface area contributed by atoms with Gasteiger partial charge in [-0.25, -0.2) is 4.39 Å². The number of halogens is 1. The summed E-state index contributed by atoms with van der Waals surface area (Å²) >= 11 is 0. The molecule has 4 aromatic rings. The summed E-state index contributed by atoms with van der Waals surface area (Å²) in [6, 6.07) is 22.2.